The van der Waals surface area contributed by atoms with E-state index in [0.29, 0.717) is 0 Å². The third-order valence-corrected chi connectivity index (χ3v) is 4.78. The fourth-order valence-corrected chi connectivity index (χ4v) is 3.39. The molecule has 2 amide bonds. The second kappa shape index (κ2) is 11.0. The molecular formula is C18H36N2O7S. The average Bonchev–Trinajstić information content (AvgIpc) is 2.42. The molecule has 9 nitrogen and oxygen atoms in total. The van der Waals surface area contributed by atoms with Crippen LogP contribution in [0, 0.1) is 0 Å². The van der Waals surface area contributed by atoms with Gasteiger partial charge in [0.05, 0.1) is 35.8 Å². The van der Waals surface area contributed by atoms with Crippen LogP contribution in [0.3, 0.4) is 0 Å². The zero-order chi connectivity index (χ0) is 22.3. The topological polar surface area (TPSA) is 134 Å². The van der Waals surface area contributed by atoms with E-state index in [1.807, 2.05) is 0 Å². The van der Waals surface area contributed by atoms with Crippen LogP contribution in [0.1, 0.15) is 55.4 Å². The van der Waals surface area contributed by atoms with Crippen molar-refractivity contribution in [1.82, 2.24) is 10.6 Å². The molecule has 0 unspecified atom stereocenters. The van der Waals surface area contributed by atoms with Crippen LogP contribution < -0.4 is 10.6 Å². The fourth-order valence-electron chi connectivity index (χ4n) is 1.92. The summed E-state index contributed by atoms with van der Waals surface area (Å²) < 4.78 is 22.4. The highest BCUT2D eigenvalue weighted by Crippen LogP contribution is 2.09. The summed E-state index contributed by atoms with van der Waals surface area (Å²) in [7, 11) is -1.57. The minimum absolute atomic E-state index is 0.146. The monoisotopic (exact) mass is 424 g/mol. The van der Waals surface area contributed by atoms with E-state index in [2.05, 4.69) is 10.6 Å². The first-order valence-corrected chi connectivity index (χ1v) is 10.7. The van der Waals surface area contributed by atoms with Crippen LogP contribution in [0.2, 0.25) is 0 Å². The Balaban J connectivity index is 4.43. The lowest BCUT2D eigenvalue weighted by molar-refractivity contribution is 0.0446. The second-order valence-electron chi connectivity index (χ2n) is 8.78. The van der Waals surface area contributed by atoms with Gasteiger partial charge in [0, 0.05) is 10.8 Å². The predicted octanol–water partition coefficient (Wildman–Crippen LogP) is 1.28. The van der Waals surface area contributed by atoms with E-state index in [9.17, 15) is 24.0 Å². The molecule has 0 heterocycles. The molecule has 4 N–H and O–H groups in total. The van der Waals surface area contributed by atoms with Crippen LogP contribution in [0.25, 0.3) is 0 Å². The highest BCUT2D eigenvalue weighted by Gasteiger charge is 2.26. The number of rotatable bonds is 8. The van der Waals surface area contributed by atoms with Gasteiger partial charge in [-0.1, -0.05) is 0 Å². The molecule has 0 aliphatic rings. The van der Waals surface area contributed by atoms with E-state index in [-0.39, 0.29) is 11.5 Å². The van der Waals surface area contributed by atoms with Crippen molar-refractivity contribution in [2.24, 2.45) is 0 Å². The molecule has 28 heavy (non-hydrogen) atoms. The number of alkyl carbamates (subject to hydrolysis) is 2. The number of carbonyl (C=O) groups excluding carboxylic acids is 2. The van der Waals surface area contributed by atoms with Crippen molar-refractivity contribution in [2.75, 3.05) is 11.5 Å². The molecule has 0 aromatic carbocycles. The first kappa shape index (κ1) is 26.6. The quantitative estimate of drug-likeness (QED) is 0.461. The molecule has 0 aromatic heterocycles. The van der Waals surface area contributed by atoms with E-state index in [1.165, 1.54) is 0 Å². The Kier molecular flexibility index (Phi) is 10.4. The summed E-state index contributed by atoms with van der Waals surface area (Å²) in [6.07, 6.45) is -3.54. The number of hydrogen-bond acceptors (Lipinski definition) is 7. The van der Waals surface area contributed by atoms with Gasteiger partial charge in [0.1, 0.15) is 11.2 Å². The minimum Gasteiger partial charge on any atom is -0.444 e. The third-order valence-electron chi connectivity index (χ3n) is 3.36. The van der Waals surface area contributed by atoms with Gasteiger partial charge in [-0.05, 0) is 55.4 Å². The predicted molar refractivity (Wildman–Crippen MR) is 108 cm³/mol. The van der Waals surface area contributed by atoms with Crippen molar-refractivity contribution in [2.45, 2.75) is 90.9 Å². The molecule has 0 spiro atoms. The van der Waals surface area contributed by atoms with Gasteiger partial charge in [-0.2, -0.15) is 0 Å². The van der Waals surface area contributed by atoms with Crippen molar-refractivity contribution in [3.63, 3.8) is 0 Å². The van der Waals surface area contributed by atoms with Crippen LogP contribution in [-0.4, -0.2) is 73.6 Å². The Bertz CT molecular complexity index is 497. The number of aliphatic hydroxyl groups is 2. The molecule has 0 aromatic rings. The highest BCUT2D eigenvalue weighted by atomic mass is 32.2. The number of nitrogens with one attached hydrogen (secondary N) is 2. The summed E-state index contributed by atoms with van der Waals surface area (Å²) >= 11 is 0. The molecular weight excluding hydrogens is 388 g/mol. The van der Waals surface area contributed by atoms with Crippen LogP contribution in [-0.2, 0) is 20.3 Å². The van der Waals surface area contributed by atoms with Gasteiger partial charge in [-0.15, -0.1) is 0 Å². The normalized spacial score (nSPS) is 16.7. The van der Waals surface area contributed by atoms with Crippen molar-refractivity contribution < 1.29 is 33.5 Å². The number of aliphatic hydroxyl groups excluding tert-OH is 2. The largest absolute Gasteiger partial charge is 0.444 e. The fraction of sp³-hybridized carbons (Fsp3) is 0.889. The molecule has 0 bridgehead atoms. The zero-order valence-corrected chi connectivity index (χ0v) is 18.9. The summed E-state index contributed by atoms with van der Waals surface area (Å²) in [5, 5.41) is 25.2. The van der Waals surface area contributed by atoms with Crippen LogP contribution in [0.5, 0.6) is 0 Å². The van der Waals surface area contributed by atoms with E-state index in [4.69, 9.17) is 9.47 Å². The van der Waals surface area contributed by atoms with Crippen LogP contribution in [0.4, 0.5) is 9.59 Å². The van der Waals surface area contributed by atoms with E-state index in [0.717, 1.165) is 0 Å². The Morgan fingerprint density at radius 2 is 1.11 bits per heavy atom. The third kappa shape index (κ3) is 12.9. The summed E-state index contributed by atoms with van der Waals surface area (Å²) in [4.78, 5) is 23.4. The van der Waals surface area contributed by atoms with Gasteiger partial charge in [0.25, 0.3) is 0 Å². The molecule has 0 saturated carbocycles. The first-order chi connectivity index (χ1) is 12.5. The maximum Gasteiger partial charge on any atom is 0.407 e. The smallest absolute Gasteiger partial charge is 0.407 e. The van der Waals surface area contributed by atoms with Crippen molar-refractivity contribution in [1.29, 1.82) is 0 Å². The van der Waals surface area contributed by atoms with Crippen molar-refractivity contribution in [3.05, 3.63) is 0 Å². The number of amides is 2. The summed E-state index contributed by atoms with van der Waals surface area (Å²) in [5.41, 5.74) is -1.34. The number of hydrogen-bond donors (Lipinski definition) is 4. The van der Waals surface area contributed by atoms with Gasteiger partial charge >= 0.3 is 12.2 Å². The molecule has 10 heteroatoms. The van der Waals surface area contributed by atoms with Crippen LogP contribution >= 0.6 is 0 Å². The lowest BCUT2D eigenvalue weighted by Gasteiger charge is -2.25. The second-order valence-corrected chi connectivity index (χ2v) is 10.3. The minimum atomic E-state index is -1.57. The molecule has 166 valence electrons. The molecule has 0 aliphatic heterocycles. The van der Waals surface area contributed by atoms with Gasteiger partial charge in [-0.25, -0.2) is 9.59 Å². The van der Waals surface area contributed by atoms with Crippen molar-refractivity contribution in [3.8, 4) is 0 Å². The molecule has 0 fully saturated rings. The Morgan fingerprint density at radius 3 is 1.36 bits per heavy atom. The SMILES string of the molecule is C[C@H](NC(=O)OC(C)(C)C)[C@H](O)CS(=O)C[C@@H](O)[C@H](C)NC(=O)OC(C)(C)C. The van der Waals surface area contributed by atoms with Gasteiger partial charge in [0.2, 0.25) is 0 Å². The molecule has 0 aliphatic carbocycles. The lowest BCUT2D eigenvalue weighted by atomic mass is 10.2. The zero-order valence-electron chi connectivity index (χ0n) is 18.1. The van der Waals surface area contributed by atoms with Gasteiger partial charge in [0.15, 0.2) is 0 Å². The molecule has 0 saturated heterocycles. The highest BCUT2D eigenvalue weighted by molar-refractivity contribution is 7.85. The van der Waals surface area contributed by atoms with Gasteiger partial charge < -0.3 is 30.3 Å². The first-order valence-electron chi connectivity index (χ1n) is 9.20. The summed E-state index contributed by atoms with van der Waals surface area (Å²) in [5.74, 6) is -0.291. The Morgan fingerprint density at radius 1 is 0.821 bits per heavy atom. The molecule has 0 radical (unpaired) electrons. The van der Waals surface area contributed by atoms with E-state index >= 15 is 0 Å². The van der Waals surface area contributed by atoms with Crippen molar-refractivity contribution >= 4 is 23.0 Å². The molecule has 4 atom stereocenters. The van der Waals surface area contributed by atoms with E-state index in [1.54, 1.807) is 55.4 Å². The lowest BCUT2D eigenvalue weighted by Crippen LogP contribution is -2.47. The molecule has 0 rings (SSSR count). The number of ether oxygens (including phenoxy) is 2. The summed E-state index contributed by atoms with van der Waals surface area (Å²) in [6.45, 7) is 13.4. The summed E-state index contributed by atoms with van der Waals surface area (Å²) in [6, 6.07) is -1.37. The maximum absolute atomic E-state index is 12.2. The van der Waals surface area contributed by atoms with E-state index < -0.39 is 58.5 Å². The van der Waals surface area contributed by atoms with Gasteiger partial charge in [-0.3, -0.25) is 4.21 Å². The maximum atomic E-state index is 12.2. The van der Waals surface area contributed by atoms with Crippen LogP contribution in [0.15, 0.2) is 0 Å². The number of carbonyl (C=O) groups is 2. The Labute approximate surface area is 170 Å². The standard InChI is InChI=1S/C18H36N2O7S/c1-11(19-15(23)26-17(3,4)5)13(21)9-28(25)10-14(22)12(2)20-16(24)27-18(6,7)8/h11-14,21-22H,9-10H2,1-8H3,(H,19,23)(H,20,24)/t11-,12-,13+,14+/m0/s1. The Hall–Kier alpha value is -1.39. The average molecular weight is 425 g/mol.